The Morgan fingerprint density at radius 2 is 1.76 bits per heavy atom. The first-order valence-corrected chi connectivity index (χ1v) is 8.94. The lowest BCUT2D eigenvalue weighted by Crippen LogP contribution is -2.12. The summed E-state index contributed by atoms with van der Waals surface area (Å²) < 4.78 is 11.4. The molecule has 0 radical (unpaired) electrons. The van der Waals surface area contributed by atoms with Gasteiger partial charge in [0.1, 0.15) is 0 Å². The van der Waals surface area contributed by atoms with Crippen molar-refractivity contribution in [2.24, 2.45) is 0 Å². The van der Waals surface area contributed by atoms with E-state index in [1.807, 2.05) is 37.3 Å². The Labute approximate surface area is 127 Å². The van der Waals surface area contributed by atoms with E-state index in [1.165, 1.54) is 12.1 Å². The van der Waals surface area contributed by atoms with Gasteiger partial charge in [0.05, 0.1) is 11.5 Å². The summed E-state index contributed by atoms with van der Waals surface area (Å²) in [5, 5.41) is 11.8. The molecule has 0 bridgehead atoms. The van der Waals surface area contributed by atoms with Crippen LogP contribution in [-0.4, -0.2) is 11.5 Å². The van der Waals surface area contributed by atoms with E-state index < -0.39 is 11.4 Å². The van der Waals surface area contributed by atoms with Gasteiger partial charge in [-0.25, -0.2) is 0 Å². The van der Waals surface area contributed by atoms with Gasteiger partial charge < -0.3 is 9.05 Å². The van der Waals surface area contributed by atoms with Gasteiger partial charge in [0.2, 0.25) is 5.75 Å². The fraction of sp³-hybridized carbons (Fsp3) is 0.143. The number of benzene rings is 2. The number of nitro groups is 1. The van der Waals surface area contributed by atoms with E-state index in [0.29, 0.717) is 6.61 Å². The molecule has 0 aliphatic carbocycles. The number of para-hydroxylation sites is 2. The first-order valence-electron chi connectivity index (χ1n) is 6.30. The Morgan fingerprint density at radius 1 is 1.14 bits per heavy atom. The number of hydrogen-bond donors (Lipinski definition) is 0. The minimum absolute atomic E-state index is 0.123. The molecule has 0 saturated carbocycles. The highest BCUT2D eigenvalue weighted by Gasteiger charge is 2.26. The van der Waals surface area contributed by atoms with Crippen LogP contribution in [0.1, 0.15) is 6.92 Å². The zero-order valence-electron chi connectivity index (χ0n) is 11.3. The Morgan fingerprint density at radius 3 is 2.38 bits per heavy atom. The molecule has 110 valence electrons. The molecule has 0 aliphatic rings. The van der Waals surface area contributed by atoms with E-state index in [-0.39, 0.29) is 11.4 Å². The van der Waals surface area contributed by atoms with Gasteiger partial charge in [0.15, 0.2) is 0 Å². The number of rotatable bonds is 6. The van der Waals surface area contributed by atoms with Gasteiger partial charge >= 0.3 is 5.69 Å². The maximum atomic E-state index is 11.1. The monoisotopic (exact) mass is 323 g/mol. The molecule has 0 aromatic heterocycles. The minimum atomic E-state index is -2.83. The second kappa shape index (κ2) is 6.80. The number of hydrogen-bond acceptors (Lipinski definition) is 5. The second-order valence-electron chi connectivity index (χ2n) is 4.07. The third-order valence-electron chi connectivity index (χ3n) is 2.65. The van der Waals surface area contributed by atoms with Crippen molar-refractivity contribution >= 4 is 29.3 Å². The summed E-state index contributed by atoms with van der Waals surface area (Å²) in [6.45, 7) is -0.651. The van der Waals surface area contributed by atoms with Gasteiger partial charge in [0, 0.05) is 11.4 Å². The molecular formula is C14H14NO4PS. The van der Waals surface area contributed by atoms with Crippen molar-refractivity contribution in [2.45, 2.75) is 6.92 Å². The predicted molar refractivity (Wildman–Crippen MR) is 85.7 cm³/mol. The van der Waals surface area contributed by atoms with Crippen LogP contribution in [0.4, 0.5) is 5.69 Å². The van der Waals surface area contributed by atoms with Crippen LogP contribution < -0.4 is 9.83 Å². The standard InChI is InChI=1S/C14H14NO4PS/c1-2-18-20(21,12-8-4-3-5-9-12)19-14-11-7-6-10-13(14)15(16)17/h3-11H,2H2,1H3. The topological polar surface area (TPSA) is 61.6 Å². The van der Waals surface area contributed by atoms with E-state index in [1.54, 1.807) is 12.1 Å². The fourth-order valence-electron chi connectivity index (χ4n) is 1.75. The van der Waals surface area contributed by atoms with Crippen molar-refractivity contribution in [3.63, 3.8) is 0 Å². The summed E-state index contributed by atoms with van der Waals surface area (Å²) in [6, 6.07) is 15.3. The normalized spacial score (nSPS) is 13.4. The van der Waals surface area contributed by atoms with E-state index in [9.17, 15) is 10.1 Å². The highest BCUT2D eigenvalue weighted by Crippen LogP contribution is 2.49. The van der Waals surface area contributed by atoms with Crippen LogP contribution in [0.2, 0.25) is 0 Å². The summed E-state index contributed by atoms with van der Waals surface area (Å²) in [5.74, 6) is 0.128. The van der Waals surface area contributed by atoms with Crippen LogP contribution in [0.3, 0.4) is 0 Å². The molecule has 21 heavy (non-hydrogen) atoms. The smallest absolute Gasteiger partial charge is 0.311 e. The van der Waals surface area contributed by atoms with Crippen LogP contribution in [0.5, 0.6) is 5.75 Å². The minimum Gasteiger partial charge on any atom is -0.433 e. The molecule has 0 fully saturated rings. The highest BCUT2D eigenvalue weighted by molar-refractivity contribution is 8.13. The maximum Gasteiger partial charge on any atom is 0.311 e. The summed E-state index contributed by atoms with van der Waals surface area (Å²) in [7, 11) is 0. The third kappa shape index (κ3) is 3.67. The average Bonchev–Trinajstić information content (AvgIpc) is 2.48. The van der Waals surface area contributed by atoms with Crippen molar-refractivity contribution < 1.29 is 14.0 Å². The summed E-state index contributed by atoms with van der Waals surface area (Å²) in [5.41, 5.74) is -0.123. The molecule has 1 unspecified atom stereocenters. The molecule has 0 saturated heterocycles. The number of nitro benzene ring substituents is 1. The van der Waals surface area contributed by atoms with E-state index in [2.05, 4.69) is 0 Å². The second-order valence-corrected chi connectivity index (χ2v) is 7.46. The third-order valence-corrected chi connectivity index (χ3v) is 5.79. The first-order chi connectivity index (χ1) is 10.1. The van der Waals surface area contributed by atoms with Gasteiger partial charge in [0.25, 0.3) is 6.49 Å². The van der Waals surface area contributed by atoms with Crippen molar-refractivity contribution in [3.8, 4) is 5.75 Å². The zero-order chi connectivity index (χ0) is 15.3. The van der Waals surface area contributed by atoms with Crippen molar-refractivity contribution in [2.75, 3.05) is 6.61 Å². The van der Waals surface area contributed by atoms with Crippen molar-refractivity contribution in [3.05, 3.63) is 64.7 Å². The van der Waals surface area contributed by atoms with E-state index in [0.717, 1.165) is 5.30 Å². The fourth-order valence-corrected chi connectivity index (χ4v) is 4.27. The van der Waals surface area contributed by atoms with Crippen LogP contribution in [0, 0.1) is 10.1 Å². The number of nitrogens with zero attached hydrogens (tertiary/aromatic N) is 1. The van der Waals surface area contributed by atoms with Crippen LogP contribution in [0.25, 0.3) is 0 Å². The molecule has 0 heterocycles. The van der Waals surface area contributed by atoms with E-state index in [4.69, 9.17) is 20.9 Å². The van der Waals surface area contributed by atoms with Gasteiger partial charge in [-0.05, 0) is 36.9 Å². The molecule has 2 aromatic rings. The molecule has 0 amide bonds. The Hall–Kier alpha value is -1.75. The maximum absolute atomic E-state index is 11.1. The van der Waals surface area contributed by atoms with E-state index >= 15 is 0 Å². The largest absolute Gasteiger partial charge is 0.433 e. The van der Waals surface area contributed by atoms with Gasteiger partial charge in [-0.3, -0.25) is 10.1 Å². The Balaban J connectivity index is 2.42. The molecule has 2 rings (SSSR count). The lowest BCUT2D eigenvalue weighted by Gasteiger charge is -2.22. The quantitative estimate of drug-likeness (QED) is 0.461. The lowest BCUT2D eigenvalue weighted by molar-refractivity contribution is -0.385. The molecule has 1 atom stereocenters. The Bertz CT molecular complexity index is 678. The molecule has 0 aliphatic heterocycles. The lowest BCUT2D eigenvalue weighted by atomic mass is 10.3. The highest BCUT2D eigenvalue weighted by atomic mass is 32.5. The van der Waals surface area contributed by atoms with Gasteiger partial charge in [-0.1, -0.05) is 30.3 Å². The van der Waals surface area contributed by atoms with Crippen LogP contribution in [0.15, 0.2) is 54.6 Å². The van der Waals surface area contributed by atoms with Crippen LogP contribution in [-0.2, 0) is 16.3 Å². The predicted octanol–water partition coefficient (Wildman–Crippen LogP) is 3.65. The summed E-state index contributed by atoms with van der Waals surface area (Å²) in [6.07, 6.45) is 0. The van der Waals surface area contributed by atoms with Crippen molar-refractivity contribution in [1.29, 1.82) is 0 Å². The van der Waals surface area contributed by atoms with Gasteiger partial charge in [-0.15, -0.1) is 0 Å². The van der Waals surface area contributed by atoms with Gasteiger partial charge in [-0.2, -0.15) is 0 Å². The Kier molecular flexibility index (Phi) is 5.07. The molecule has 2 aromatic carbocycles. The molecule has 5 nitrogen and oxygen atoms in total. The SMILES string of the molecule is CCOP(=S)(Oc1ccccc1[N+](=O)[O-])c1ccccc1. The average molecular weight is 323 g/mol. The summed E-state index contributed by atoms with van der Waals surface area (Å²) >= 11 is 5.54. The van der Waals surface area contributed by atoms with Crippen molar-refractivity contribution in [1.82, 2.24) is 0 Å². The molecule has 0 N–H and O–H groups in total. The first kappa shape index (κ1) is 15.6. The molecule has 0 spiro atoms. The zero-order valence-corrected chi connectivity index (χ0v) is 13.0. The molecular weight excluding hydrogens is 309 g/mol. The van der Waals surface area contributed by atoms with Crippen LogP contribution >= 0.6 is 6.49 Å². The molecule has 7 heteroatoms. The summed E-state index contributed by atoms with van der Waals surface area (Å²) in [4.78, 5) is 10.6.